The Morgan fingerprint density at radius 1 is 1.05 bits per heavy atom. The largest absolute Gasteiger partial charge is 0.458 e. The lowest BCUT2D eigenvalue weighted by Crippen LogP contribution is -2.58. The summed E-state index contributed by atoms with van der Waals surface area (Å²) >= 11 is 0. The van der Waals surface area contributed by atoms with Crippen LogP contribution in [0.5, 0.6) is 0 Å². The molecule has 0 saturated heterocycles. The zero-order chi connectivity index (χ0) is 27.8. The van der Waals surface area contributed by atoms with Gasteiger partial charge in [-0.3, -0.25) is 24.2 Å². The highest BCUT2D eigenvalue weighted by molar-refractivity contribution is 5.92. The molecule has 8 heteroatoms. The van der Waals surface area contributed by atoms with Crippen LogP contribution in [0.25, 0.3) is 0 Å². The number of allylic oxidation sites excluding steroid dienone is 1. The van der Waals surface area contributed by atoms with E-state index in [1.807, 2.05) is 19.1 Å². The van der Waals surface area contributed by atoms with E-state index in [2.05, 4.69) is 17.2 Å². The molecular weight excluding hydrogens is 496 g/mol. The number of carbonyl (C=O) groups is 4. The van der Waals surface area contributed by atoms with Crippen molar-refractivity contribution in [3.8, 4) is 0 Å². The second-order valence-electron chi connectivity index (χ2n) is 12.5. The highest BCUT2D eigenvalue weighted by atomic mass is 16.5. The van der Waals surface area contributed by atoms with Gasteiger partial charge in [-0.2, -0.15) is 0 Å². The minimum Gasteiger partial charge on any atom is -0.458 e. The van der Waals surface area contributed by atoms with Crippen molar-refractivity contribution in [3.05, 3.63) is 41.7 Å². The minimum atomic E-state index is -1.53. The van der Waals surface area contributed by atoms with E-state index < -0.39 is 29.4 Å². The quantitative estimate of drug-likeness (QED) is 0.484. The van der Waals surface area contributed by atoms with E-state index in [1.54, 1.807) is 18.3 Å². The number of amides is 1. The third-order valence-corrected chi connectivity index (χ3v) is 10.7. The van der Waals surface area contributed by atoms with Crippen LogP contribution < -0.4 is 5.32 Å². The number of fused-ring (bicyclic) bond motifs is 5. The van der Waals surface area contributed by atoms with E-state index in [-0.39, 0.29) is 42.4 Å². The summed E-state index contributed by atoms with van der Waals surface area (Å²) in [5.41, 5.74) is -0.0429. The number of carbonyl (C=O) groups excluding carboxylic acids is 4. The van der Waals surface area contributed by atoms with Crippen LogP contribution in [0.3, 0.4) is 0 Å². The monoisotopic (exact) mass is 536 g/mol. The number of Topliss-reactive ketones (excluding diaryl/α,β-unsaturated/α-hetero) is 1. The van der Waals surface area contributed by atoms with Crippen molar-refractivity contribution in [1.29, 1.82) is 0 Å². The van der Waals surface area contributed by atoms with Crippen LogP contribution in [0.4, 0.5) is 0 Å². The standard InChI is InChI=1S/C31H40N2O6/c1-29-13-10-22(34)17-20(29)6-7-23-24(29)11-14-30(2)25(23)12-15-31(30,38)26(35)19-39-28(37)9-8-27(36)33-18-21-5-3-4-16-32-21/h3-5,16-17,23-25,38H,6-15,18-19H2,1-2H3,(H,33,36)/t23?,24?,25?,29-,30-,31-/m0/s1. The van der Waals surface area contributed by atoms with Gasteiger partial charge >= 0.3 is 5.97 Å². The molecule has 3 saturated carbocycles. The average molecular weight is 537 g/mol. The maximum absolute atomic E-state index is 13.4. The van der Waals surface area contributed by atoms with E-state index in [0.717, 1.165) is 44.2 Å². The van der Waals surface area contributed by atoms with Crippen LogP contribution in [0.15, 0.2) is 36.0 Å². The number of ether oxygens (including phenoxy) is 1. The Bertz CT molecular complexity index is 1180. The lowest BCUT2D eigenvalue weighted by atomic mass is 9.46. The van der Waals surface area contributed by atoms with Gasteiger partial charge < -0.3 is 15.2 Å². The van der Waals surface area contributed by atoms with Gasteiger partial charge in [0.15, 0.2) is 12.4 Å². The molecule has 0 bridgehead atoms. The summed E-state index contributed by atoms with van der Waals surface area (Å²) in [5, 5.41) is 14.5. The topological polar surface area (TPSA) is 123 Å². The van der Waals surface area contributed by atoms with E-state index in [4.69, 9.17) is 4.74 Å². The molecule has 210 valence electrons. The molecule has 5 rings (SSSR count). The number of hydrogen-bond acceptors (Lipinski definition) is 7. The summed E-state index contributed by atoms with van der Waals surface area (Å²) in [6.45, 7) is 4.16. The van der Waals surface area contributed by atoms with Gasteiger partial charge in [0.1, 0.15) is 5.60 Å². The van der Waals surface area contributed by atoms with E-state index in [0.29, 0.717) is 24.7 Å². The van der Waals surface area contributed by atoms with Gasteiger partial charge in [-0.15, -0.1) is 0 Å². The van der Waals surface area contributed by atoms with Gasteiger partial charge in [-0.1, -0.05) is 25.5 Å². The van der Waals surface area contributed by atoms with Crippen LogP contribution in [0, 0.1) is 28.6 Å². The second kappa shape index (κ2) is 10.6. The molecular formula is C31H40N2O6. The van der Waals surface area contributed by atoms with Crippen LogP contribution >= 0.6 is 0 Å². The van der Waals surface area contributed by atoms with Gasteiger partial charge in [0.2, 0.25) is 11.7 Å². The number of pyridine rings is 1. The van der Waals surface area contributed by atoms with Gasteiger partial charge in [0.25, 0.3) is 0 Å². The third-order valence-electron chi connectivity index (χ3n) is 10.7. The molecule has 3 unspecified atom stereocenters. The van der Waals surface area contributed by atoms with Crippen molar-refractivity contribution in [2.75, 3.05) is 6.61 Å². The first-order chi connectivity index (χ1) is 18.6. The number of rotatable bonds is 8. The number of nitrogens with zero attached hydrogens (tertiary/aromatic N) is 1. The molecule has 0 aliphatic heterocycles. The SMILES string of the molecule is C[C@]12CCC(=O)C=C1CCC1C2CC[C@@]2(C)C1CC[C@]2(O)C(=O)COC(=O)CCC(=O)NCc1ccccn1. The molecule has 4 aliphatic carbocycles. The molecule has 1 heterocycles. The molecule has 6 atom stereocenters. The number of nitrogens with one attached hydrogen (secondary N) is 1. The molecule has 0 spiro atoms. The summed E-state index contributed by atoms with van der Waals surface area (Å²) in [7, 11) is 0. The van der Waals surface area contributed by atoms with Crippen LogP contribution in [0.1, 0.15) is 83.7 Å². The summed E-state index contributed by atoms with van der Waals surface area (Å²) in [6, 6.07) is 5.42. The Morgan fingerprint density at radius 3 is 2.62 bits per heavy atom. The first kappa shape index (κ1) is 27.7. The van der Waals surface area contributed by atoms with Gasteiger partial charge in [-0.05, 0) is 86.3 Å². The highest BCUT2D eigenvalue weighted by Crippen LogP contribution is 2.67. The molecule has 0 radical (unpaired) electrons. The predicted molar refractivity (Wildman–Crippen MR) is 143 cm³/mol. The highest BCUT2D eigenvalue weighted by Gasteiger charge is 2.66. The molecule has 1 aromatic heterocycles. The molecule has 1 aromatic rings. The Labute approximate surface area is 230 Å². The maximum Gasteiger partial charge on any atom is 0.306 e. The molecule has 39 heavy (non-hydrogen) atoms. The summed E-state index contributed by atoms with van der Waals surface area (Å²) in [4.78, 5) is 54.0. The van der Waals surface area contributed by atoms with Crippen molar-refractivity contribution in [2.24, 2.45) is 28.6 Å². The van der Waals surface area contributed by atoms with E-state index in [1.165, 1.54) is 5.57 Å². The van der Waals surface area contributed by atoms with E-state index >= 15 is 0 Å². The number of aliphatic hydroxyl groups is 1. The van der Waals surface area contributed by atoms with Crippen molar-refractivity contribution >= 4 is 23.4 Å². The molecule has 2 N–H and O–H groups in total. The Morgan fingerprint density at radius 2 is 1.85 bits per heavy atom. The van der Waals surface area contributed by atoms with E-state index in [9.17, 15) is 24.3 Å². The smallest absolute Gasteiger partial charge is 0.306 e. The molecule has 3 fully saturated rings. The molecule has 8 nitrogen and oxygen atoms in total. The number of esters is 1. The van der Waals surface area contributed by atoms with Gasteiger partial charge in [-0.25, -0.2) is 0 Å². The first-order valence-electron chi connectivity index (χ1n) is 14.4. The van der Waals surface area contributed by atoms with Gasteiger partial charge in [0, 0.05) is 24.5 Å². The number of ketones is 2. The van der Waals surface area contributed by atoms with Crippen molar-refractivity contribution in [2.45, 2.75) is 90.2 Å². The Balaban J connectivity index is 1.15. The summed E-state index contributed by atoms with van der Waals surface area (Å²) < 4.78 is 5.24. The fraction of sp³-hybridized carbons (Fsp3) is 0.645. The van der Waals surface area contributed by atoms with Crippen LogP contribution in [0.2, 0.25) is 0 Å². The zero-order valence-corrected chi connectivity index (χ0v) is 23.0. The fourth-order valence-corrected chi connectivity index (χ4v) is 8.37. The number of aromatic nitrogens is 1. The normalized spacial score (nSPS) is 35.2. The number of hydrogen-bond donors (Lipinski definition) is 2. The summed E-state index contributed by atoms with van der Waals surface area (Å²) in [5.74, 6) is -0.0379. The zero-order valence-electron chi connectivity index (χ0n) is 23.0. The molecule has 1 amide bonds. The lowest BCUT2D eigenvalue weighted by Gasteiger charge is -2.58. The second-order valence-corrected chi connectivity index (χ2v) is 12.5. The van der Waals surface area contributed by atoms with Crippen molar-refractivity contribution in [1.82, 2.24) is 10.3 Å². The third kappa shape index (κ3) is 4.96. The first-order valence-corrected chi connectivity index (χ1v) is 14.4. The molecule has 0 aromatic carbocycles. The predicted octanol–water partition coefficient (Wildman–Crippen LogP) is 3.85. The van der Waals surface area contributed by atoms with Crippen molar-refractivity contribution in [3.63, 3.8) is 0 Å². The maximum atomic E-state index is 13.4. The Hall–Kier alpha value is -2.87. The molecule has 4 aliphatic rings. The van der Waals surface area contributed by atoms with Crippen LogP contribution in [-0.2, 0) is 30.5 Å². The van der Waals surface area contributed by atoms with Crippen molar-refractivity contribution < 1.29 is 29.0 Å². The minimum absolute atomic E-state index is 0.0301. The Kier molecular flexibility index (Phi) is 7.53. The fourth-order valence-electron chi connectivity index (χ4n) is 8.37. The average Bonchev–Trinajstić information content (AvgIpc) is 3.21. The van der Waals surface area contributed by atoms with Crippen LogP contribution in [-0.4, -0.2) is 45.7 Å². The lowest BCUT2D eigenvalue weighted by molar-refractivity contribution is -0.170. The van der Waals surface area contributed by atoms with Gasteiger partial charge in [0.05, 0.1) is 18.7 Å². The summed E-state index contributed by atoms with van der Waals surface area (Å²) in [6.07, 6.45) is 9.55.